The van der Waals surface area contributed by atoms with Crippen molar-refractivity contribution < 1.29 is 14.8 Å². The third-order valence-electron chi connectivity index (χ3n) is 2.90. The number of aromatic carboxylic acids is 1. The normalized spacial score (nSPS) is 10.2. The number of carbonyl (C=O) groups is 1. The van der Waals surface area contributed by atoms with Crippen molar-refractivity contribution in [2.75, 3.05) is 5.32 Å². The van der Waals surface area contributed by atoms with Crippen LogP contribution in [0.4, 0.5) is 17.1 Å². The Morgan fingerprint density at radius 1 is 1.29 bits per heavy atom. The second-order valence-corrected chi connectivity index (χ2v) is 4.81. The Morgan fingerprint density at radius 3 is 2.62 bits per heavy atom. The Morgan fingerprint density at radius 2 is 2.00 bits per heavy atom. The van der Waals surface area contributed by atoms with Crippen LogP contribution in [0.1, 0.15) is 15.9 Å². The number of rotatable bonds is 4. The lowest BCUT2D eigenvalue weighted by molar-refractivity contribution is -0.385. The van der Waals surface area contributed by atoms with Gasteiger partial charge in [0.25, 0.3) is 5.69 Å². The number of halogens is 1. The Balaban J connectivity index is 2.41. The number of nitrogens with zero attached hydrogens (tertiary/aromatic N) is 1. The molecule has 108 valence electrons. The Bertz CT molecular complexity index is 731. The molecular weight excluding hydrogens is 296 g/mol. The highest BCUT2D eigenvalue weighted by Gasteiger charge is 2.20. The van der Waals surface area contributed by atoms with Gasteiger partial charge >= 0.3 is 5.97 Å². The number of aryl methyl sites for hydroxylation is 1. The summed E-state index contributed by atoms with van der Waals surface area (Å²) in [6.45, 7) is 1.86. The summed E-state index contributed by atoms with van der Waals surface area (Å²) in [4.78, 5) is 21.2. The minimum absolute atomic E-state index is 0.371. The molecule has 0 unspecified atom stereocenters. The predicted molar refractivity (Wildman–Crippen MR) is 79.5 cm³/mol. The minimum Gasteiger partial charge on any atom is -0.477 e. The first-order valence-corrected chi connectivity index (χ1v) is 6.31. The average Bonchev–Trinajstić information content (AvgIpc) is 2.42. The Kier molecular flexibility index (Phi) is 4.09. The molecule has 0 spiro atoms. The van der Waals surface area contributed by atoms with Gasteiger partial charge in [-0.15, -0.1) is 0 Å². The van der Waals surface area contributed by atoms with Gasteiger partial charge in [-0.05, 0) is 36.8 Å². The highest BCUT2D eigenvalue weighted by Crippen LogP contribution is 2.27. The third-order valence-corrected chi connectivity index (χ3v) is 3.14. The number of anilines is 2. The zero-order valence-electron chi connectivity index (χ0n) is 11.0. The lowest BCUT2D eigenvalue weighted by atomic mass is 10.1. The van der Waals surface area contributed by atoms with Crippen molar-refractivity contribution in [3.63, 3.8) is 0 Å². The van der Waals surface area contributed by atoms with Crippen LogP contribution in [-0.4, -0.2) is 16.0 Å². The van der Waals surface area contributed by atoms with E-state index in [-0.39, 0.29) is 5.56 Å². The van der Waals surface area contributed by atoms with Crippen LogP contribution < -0.4 is 5.32 Å². The Hall–Kier alpha value is -2.60. The van der Waals surface area contributed by atoms with Crippen molar-refractivity contribution in [3.8, 4) is 0 Å². The molecule has 2 aromatic rings. The van der Waals surface area contributed by atoms with Crippen LogP contribution in [0.2, 0.25) is 5.02 Å². The van der Waals surface area contributed by atoms with E-state index in [1.807, 2.05) is 13.0 Å². The van der Waals surface area contributed by atoms with Gasteiger partial charge in [0.2, 0.25) is 0 Å². The second kappa shape index (κ2) is 5.80. The van der Waals surface area contributed by atoms with Crippen molar-refractivity contribution in [3.05, 3.63) is 62.7 Å². The molecule has 0 saturated carbocycles. The van der Waals surface area contributed by atoms with Crippen LogP contribution in [0, 0.1) is 17.0 Å². The van der Waals surface area contributed by atoms with Gasteiger partial charge in [-0.2, -0.15) is 0 Å². The van der Waals surface area contributed by atoms with Crippen LogP contribution in [0.25, 0.3) is 0 Å². The van der Waals surface area contributed by atoms with Crippen molar-refractivity contribution >= 4 is 34.6 Å². The summed E-state index contributed by atoms with van der Waals surface area (Å²) >= 11 is 5.91. The van der Waals surface area contributed by atoms with E-state index in [0.29, 0.717) is 16.4 Å². The maximum Gasteiger partial charge on any atom is 0.342 e. The fourth-order valence-electron chi connectivity index (χ4n) is 1.83. The number of hydrogen-bond donors (Lipinski definition) is 2. The SMILES string of the molecule is Cc1ccc(Cl)cc1Nc1ccc([N+](=O)[O-])c(C(=O)O)c1. The number of nitro benzene ring substituents is 1. The molecule has 6 nitrogen and oxygen atoms in total. The fourth-order valence-corrected chi connectivity index (χ4v) is 2.00. The van der Waals surface area contributed by atoms with E-state index in [0.717, 1.165) is 11.6 Å². The molecule has 21 heavy (non-hydrogen) atoms. The summed E-state index contributed by atoms with van der Waals surface area (Å²) < 4.78 is 0. The first-order chi connectivity index (χ1) is 9.88. The number of carboxylic acid groups (broad SMARTS) is 1. The number of carboxylic acids is 1. The smallest absolute Gasteiger partial charge is 0.342 e. The molecule has 0 bridgehead atoms. The maximum atomic E-state index is 11.1. The van der Waals surface area contributed by atoms with Gasteiger partial charge in [0.15, 0.2) is 0 Å². The lowest BCUT2D eigenvalue weighted by Crippen LogP contribution is -2.04. The van der Waals surface area contributed by atoms with E-state index < -0.39 is 16.6 Å². The summed E-state index contributed by atoms with van der Waals surface area (Å²) in [6, 6.07) is 9.07. The van der Waals surface area contributed by atoms with Crippen molar-refractivity contribution in [1.29, 1.82) is 0 Å². The Labute approximate surface area is 125 Å². The van der Waals surface area contributed by atoms with Crippen LogP contribution in [0.15, 0.2) is 36.4 Å². The van der Waals surface area contributed by atoms with E-state index in [1.54, 1.807) is 12.1 Å². The van der Waals surface area contributed by atoms with Crippen molar-refractivity contribution in [2.45, 2.75) is 6.92 Å². The fraction of sp³-hybridized carbons (Fsp3) is 0.0714. The van der Waals surface area contributed by atoms with Gasteiger partial charge in [-0.25, -0.2) is 4.79 Å². The summed E-state index contributed by atoms with van der Waals surface area (Å²) in [5.74, 6) is -1.35. The molecule has 0 aliphatic heterocycles. The molecule has 0 atom stereocenters. The monoisotopic (exact) mass is 306 g/mol. The van der Waals surface area contributed by atoms with Crippen molar-refractivity contribution in [2.24, 2.45) is 0 Å². The average molecular weight is 307 g/mol. The zero-order chi connectivity index (χ0) is 15.6. The van der Waals surface area contributed by atoms with E-state index in [2.05, 4.69) is 5.32 Å². The van der Waals surface area contributed by atoms with Gasteiger partial charge in [0, 0.05) is 22.5 Å². The molecule has 2 aromatic carbocycles. The minimum atomic E-state index is -1.35. The summed E-state index contributed by atoms with van der Waals surface area (Å²) in [7, 11) is 0. The number of hydrogen-bond acceptors (Lipinski definition) is 4. The summed E-state index contributed by atoms with van der Waals surface area (Å²) in [5.41, 5.74) is 1.23. The van der Waals surface area contributed by atoms with E-state index in [1.165, 1.54) is 12.1 Å². The van der Waals surface area contributed by atoms with Crippen LogP contribution in [-0.2, 0) is 0 Å². The molecule has 0 aliphatic rings. The molecule has 7 heteroatoms. The van der Waals surface area contributed by atoms with E-state index >= 15 is 0 Å². The number of benzene rings is 2. The van der Waals surface area contributed by atoms with Gasteiger partial charge in [0.1, 0.15) is 5.56 Å². The summed E-state index contributed by atoms with van der Waals surface area (Å²) in [5, 5.41) is 23.4. The van der Waals surface area contributed by atoms with E-state index in [9.17, 15) is 14.9 Å². The largest absolute Gasteiger partial charge is 0.477 e. The molecule has 0 aromatic heterocycles. The highest BCUT2D eigenvalue weighted by atomic mass is 35.5. The van der Waals surface area contributed by atoms with Crippen LogP contribution in [0.5, 0.6) is 0 Å². The van der Waals surface area contributed by atoms with Gasteiger partial charge in [-0.1, -0.05) is 17.7 Å². The molecule has 0 radical (unpaired) electrons. The van der Waals surface area contributed by atoms with Crippen LogP contribution >= 0.6 is 11.6 Å². The molecule has 0 heterocycles. The maximum absolute atomic E-state index is 11.1. The topological polar surface area (TPSA) is 92.5 Å². The molecule has 0 amide bonds. The van der Waals surface area contributed by atoms with Gasteiger partial charge < -0.3 is 10.4 Å². The lowest BCUT2D eigenvalue weighted by Gasteiger charge is -2.10. The van der Waals surface area contributed by atoms with E-state index in [4.69, 9.17) is 16.7 Å². The van der Waals surface area contributed by atoms with Gasteiger partial charge in [-0.3, -0.25) is 10.1 Å². The van der Waals surface area contributed by atoms with Gasteiger partial charge in [0.05, 0.1) is 4.92 Å². The molecule has 2 N–H and O–H groups in total. The van der Waals surface area contributed by atoms with Crippen molar-refractivity contribution in [1.82, 2.24) is 0 Å². The molecular formula is C14H11ClN2O4. The highest BCUT2D eigenvalue weighted by molar-refractivity contribution is 6.30. The first-order valence-electron chi connectivity index (χ1n) is 5.93. The first kappa shape index (κ1) is 14.8. The number of nitrogens with one attached hydrogen (secondary N) is 1. The molecule has 0 aliphatic carbocycles. The van der Waals surface area contributed by atoms with Crippen LogP contribution in [0.3, 0.4) is 0 Å². The molecule has 0 saturated heterocycles. The molecule has 2 rings (SSSR count). The standard InChI is InChI=1S/C14H11ClN2O4/c1-8-2-3-9(15)6-12(8)16-10-4-5-13(17(20)21)11(7-10)14(18)19/h2-7,16H,1H3,(H,18,19). The third kappa shape index (κ3) is 3.29. The second-order valence-electron chi connectivity index (χ2n) is 4.38. The summed E-state index contributed by atoms with van der Waals surface area (Å²) in [6.07, 6.45) is 0. The zero-order valence-corrected chi connectivity index (χ0v) is 11.7. The quantitative estimate of drug-likeness (QED) is 0.658. The number of nitro groups is 1. The predicted octanol–water partition coefficient (Wildman–Crippen LogP) is 4.00. The molecule has 0 fully saturated rings.